The molecule has 0 radical (unpaired) electrons. The number of aliphatic imine (C=N–C) groups is 1. The van der Waals surface area contributed by atoms with Gasteiger partial charge in [0.05, 0.1) is 5.70 Å². The fourth-order valence-corrected chi connectivity index (χ4v) is 4.49. The van der Waals surface area contributed by atoms with Gasteiger partial charge in [-0.1, -0.05) is 52.5 Å². The average molecular weight is 437 g/mol. The Morgan fingerprint density at radius 3 is 2.45 bits per heavy atom. The van der Waals surface area contributed by atoms with Crippen LogP contribution in [0.1, 0.15) is 50.8 Å². The van der Waals surface area contributed by atoms with Crippen molar-refractivity contribution in [2.24, 2.45) is 10.4 Å². The maximum absolute atomic E-state index is 13.1. The van der Waals surface area contributed by atoms with Crippen LogP contribution >= 0.6 is 11.8 Å². The molecule has 164 valence electrons. The molecule has 0 atom stereocenters. The smallest absolute Gasteiger partial charge is 0.123 e. The number of rotatable bonds is 7. The minimum absolute atomic E-state index is 0.196. The topological polar surface area (TPSA) is 15.6 Å². The number of anilines is 1. The Labute approximate surface area is 191 Å². The van der Waals surface area contributed by atoms with Crippen molar-refractivity contribution in [1.82, 2.24) is 0 Å². The van der Waals surface area contributed by atoms with Gasteiger partial charge in [0.2, 0.25) is 0 Å². The summed E-state index contributed by atoms with van der Waals surface area (Å²) in [7, 11) is 0. The first-order valence-corrected chi connectivity index (χ1v) is 12.0. The van der Waals surface area contributed by atoms with Crippen molar-refractivity contribution in [2.45, 2.75) is 53.4 Å². The van der Waals surface area contributed by atoms with Gasteiger partial charge in [-0.05, 0) is 72.1 Å². The summed E-state index contributed by atoms with van der Waals surface area (Å²) < 4.78 is 13.1. The minimum atomic E-state index is -0.196. The van der Waals surface area contributed by atoms with Gasteiger partial charge in [-0.15, -0.1) is 11.8 Å². The lowest BCUT2D eigenvalue weighted by molar-refractivity contribution is 0.378. The zero-order chi connectivity index (χ0) is 22.4. The first-order chi connectivity index (χ1) is 14.8. The van der Waals surface area contributed by atoms with Crippen molar-refractivity contribution in [1.29, 1.82) is 0 Å². The highest BCUT2D eigenvalue weighted by atomic mass is 32.2. The van der Waals surface area contributed by atoms with Gasteiger partial charge in [0.15, 0.2) is 0 Å². The molecule has 0 aromatic heterocycles. The molecule has 0 saturated heterocycles. The molecule has 1 heterocycles. The van der Waals surface area contributed by atoms with Crippen molar-refractivity contribution >= 4 is 22.5 Å². The SMILES string of the molecule is C=C1C(SCCc2ccc(F)cc2)=NC=CN1c1ccc(CCC(C)(C)C)c(CC)c1. The maximum atomic E-state index is 13.1. The van der Waals surface area contributed by atoms with E-state index in [0.29, 0.717) is 5.41 Å². The molecule has 0 aliphatic carbocycles. The standard InChI is InChI=1S/C27H33FN2S/c1-6-22-19-25(12-9-23(22)13-15-27(3,4)5)30-17-16-29-26(20(30)2)31-18-14-21-7-10-24(28)11-8-21/h7-12,16-17,19H,2,6,13-15,18H2,1,3-5H3. The van der Waals surface area contributed by atoms with E-state index < -0.39 is 0 Å². The molecule has 0 amide bonds. The summed E-state index contributed by atoms with van der Waals surface area (Å²) in [5.41, 5.74) is 6.33. The van der Waals surface area contributed by atoms with Crippen LogP contribution in [0.3, 0.4) is 0 Å². The van der Waals surface area contributed by atoms with E-state index in [4.69, 9.17) is 0 Å². The first kappa shape index (κ1) is 23.3. The Hall–Kier alpha value is -2.33. The summed E-state index contributed by atoms with van der Waals surface area (Å²) in [6.07, 6.45) is 7.99. The van der Waals surface area contributed by atoms with E-state index in [0.717, 1.165) is 47.0 Å². The van der Waals surface area contributed by atoms with E-state index in [9.17, 15) is 4.39 Å². The number of halogens is 1. The first-order valence-electron chi connectivity index (χ1n) is 11.0. The van der Waals surface area contributed by atoms with Crippen molar-refractivity contribution in [3.8, 4) is 0 Å². The molecular weight excluding hydrogens is 403 g/mol. The van der Waals surface area contributed by atoms with Crippen LogP contribution in [0.15, 0.2) is 72.1 Å². The van der Waals surface area contributed by atoms with Gasteiger partial charge in [0.1, 0.15) is 10.9 Å². The van der Waals surface area contributed by atoms with Crippen molar-refractivity contribution in [3.63, 3.8) is 0 Å². The summed E-state index contributed by atoms with van der Waals surface area (Å²) in [5, 5.41) is 0.930. The predicted molar refractivity (Wildman–Crippen MR) is 134 cm³/mol. The second kappa shape index (κ2) is 10.3. The molecule has 0 fully saturated rings. The maximum Gasteiger partial charge on any atom is 0.123 e. The minimum Gasteiger partial charge on any atom is -0.314 e. The molecule has 2 nitrogen and oxygen atoms in total. The average Bonchev–Trinajstić information content (AvgIpc) is 2.74. The van der Waals surface area contributed by atoms with E-state index in [-0.39, 0.29) is 5.82 Å². The molecule has 3 rings (SSSR count). The van der Waals surface area contributed by atoms with E-state index in [1.165, 1.54) is 29.7 Å². The Morgan fingerprint density at radius 2 is 1.77 bits per heavy atom. The lowest BCUT2D eigenvalue weighted by Crippen LogP contribution is -2.22. The molecule has 0 unspecified atom stereocenters. The summed E-state index contributed by atoms with van der Waals surface area (Å²) in [4.78, 5) is 6.67. The molecule has 31 heavy (non-hydrogen) atoms. The zero-order valence-electron chi connectivity index (χ0n) is 19.1. The summed E-state index contributed by atoms with van der Waals surface area (Å²) in [6, 6.07) is 13.5. The lowest BCUT2D eigenvalue weighted by Gasteiger charge is -2.27. The van der Waals surface area contributed by atoms with E-state index in [1.807, 2.05) is 24.5 Å². The van der Waals surface area contributed by atoms with Gasteiger partial charge in [0.25, 0.3) is 0 Å². The molecular formula is C27H33FN2S. The Bertz CT molecular complexity index is 968. The molecule has 1 aliphatic heterocycles. The monoisotopic (exact) mass is 436 g/mol. The number of nitrogens with zero attached hydrogens (tertiary/aromatic N) is 2. The van der Waals surface area contributed by atoms with Gasteiger partial charge in [-0.25, -0.2) is 9.38 Å². The summed E-state index contributed by atoms with van der Waals surface area (Å²) in [6.45, 7) is 13.4. The third kappa shape index (κ3) is 6.57. The van der Waals surface area contributed by atoms with Crippen LogP contribution in [0.4, 0.5) is 10.1 Å². The van der Waals surface area contributed by atoms with Crippen LogP contribution in [-0.4, -0.2) is 10.8 Å². The third-order valence-corrected chi connectivity index (χ3v) is 6.50. The third-order valence-electron chi connectivity index (χ3n) is 5.48. The van der Waals surface area contributed by atoms with Crippen LogP contribution in [0.2, 0.25) is 0 Å². The van der Waals surface area contributed by atoms with Gasteiger partial charge in [-0.3, -0.25) is 0 Å². The van der Waals surface area contributed by atoms with Crippen LogP contribution in [0, 0.1) is 11.2 Å². The fourth-order valence-electron chi connectivity index (χ4n) is 3.56. The predicted octanol–water partition coefficient (Wildman–Crippen LogP) is 7.55. The van der Waals surface area contributed by atoms with Crippen LogP contribution in [-0.2, 0) is 19.3 Å². The molecule has 1 aliphatic rings. The molecule has 2 aromatic carbocycles. The van der Waals surface area contributed by atoms with Crippen LogP contribution in [0.5, 0.6) is 0 Å². The molecule has 2 aromatic rings. The highest BCUT2D eigenvalue weighted by molar-refractivity contribution is 8.14. The molecule has 0 saturated carbocycles. The molecule has 0 spiro atoms. The fraction of sp³-hybridized carbons (Fsp3) is 0.370. The number of thioether (sulfide) groups is 1. The Balaban J connectivity index is 1.65. The normalized spacial score (nSPS) is 14.2. The largest absolute Gasteiger partial charge is 0.314 e. The Kier molecular flexibility index (Phi) is 7.77. The van der Waals surface area contributed by atoms with Crippen LogP contribution in [0.25, 0.3) is 0 Å². The molecule has 4 heteroatoms. The second-order valence-electron chi connectivity index (χ2n) is 9.14. The summed E-state index contributed by atoms with van der Waals surface area (Å²) in [5.74, 6) is 0.676. The number of benzene rings is 2. The van der Waals surface area contributed by atoms with Gasteiger partial charge >= 0.3 is 0 Å². The number of hydrogen-bond donors (Lipinski definition) is 0. The van der Waals surface area contributed by atoms with E-state index in [1.54, 1.807) is 11.8 Å². The quantitative estimate of drug-likeness (QED) is 0.445. The van der Waals surface area contributed by atoms with Gasteiger partial charge < -0.3 is 4.90 Å². The van der Waals surface area contributed by atoms with E-state index in [2.05, 4.69) is 62.4 Å². The lowest BCUT2D eigenvalue weighted by atomic mass is 9.87. The second-order valence-corrected chi connectivity index (χ2v) is 10.2. The molecule has 0 N–H and O–H groups in total. The van der Waals surface area contributed by atoms with E-state index >= 15 is 0 Å². The number of aryl methyl sites for hydroxylation is 3. The highest BCUT2D eigenvalue weighted by Crippen LogP contribution is 2.30. The highest BCUT2D eigenvalue weighted by Gasteiger charge is 2.18. The van der Waals surface area contributed by atoms with Crippen molar-refractivity contribution in [3.05, 3.63) is 89.6 Å². The van der Waals surface area contributed by atoms with Crippen molar-refractivity contribution in [2.75, 3.05) is 10.7 Å². The summed E-state index contributed by atoms with van der Waals surface area (Å²) >= 11 is 1.69. The van der Waals surface area contributed by atoms with Crippen molar-refractivity contribution < 1.29 is 4.39 Å². The van der Waals surface area contributed by atoms with Gasteiger partial charge in [-0.2, -0.15) is 0 Å². The Morgan fingerprint density at radius 1 is 1.03 bits per heavy atom. The zero-order valence-corrected chi connectivity index (χ0v) is 19.9. The number of hydrogen-bond acceptors (Lipinski definition) is 3. The molecule has 0 bridgehead atoms. The van der Waals surface area contributed by atoms with Crippen LogP contribution < -0.4 is 4.90 Å². The van der Waals surface area contributed by atoms with Gasteiger partial charge in [0, 0.05) is 23.8 Å².